The van der Waals surface area contributed by atoms with Crippen molar-refractivity contribution in [3.63, 3.8) is 0 Å². The van der Waals surface area contributed by atoms with Gasteiger partial charge >= 0.3 is 11.9 Å². The molecular weight excluding hydrogens is 338 g/mol. The number of benzene rings is 1. The number of anilines is 1. The molecule has 0 aliphatic heterocycles. The monoisotopic (exact) mass is 353 g/mol. The van der Waals surface area contributed by atoms with Crippen LogP contribution < -0.4 is 5.32 Å². The van der Waals surface area contributed by atoms with Crippen LogP contribution in [0.3, 0.4) is 0 Å². The molecule has 2 N–H and O–H groups in total. The molecule has 122 valence electrons. The molecule has 0 aliphatic carbocycles. The van der Waals surface area contributed by atoms with Gasteiger partial charge in [0.1, 0.15) is 4.88 Å². The van der Waals surface area contributed by atoms with Crippen molar-refractivity contribution >= 4 is 56.7 Å². The second-order valence-electron chi connectivity index (χ2n) is 4.52. The number of carbonyl (C=O) groups excluding carboxylic acids is 2. The van der Waals surface area contributed by atoms with E-state index in [0.717, 1.165) is 21.8 Å². The molecule has 1 aromatic carbocycles. The third-order valence-electron chi connectivity index (χ3n) is 2.74. The summed E-state index contributed by atoms with van der Waals surface area (Å²) in [7, 11) is 0. The van der Waals surface area contributed by atoms with Gasteiger partial charge in [-0.25, -0.2) is 4.79 Å². The van der Waals surface area contributed by atoms with Crippen molar-refractivity contribution in [1.82, 2.24) is 0 Å². The number of thiophene rings is 1. The van der Waals surface area contributed by atoms with E-state index in [0.29, 0.717) is 17.2 Å². The molecule has 6 nitrogen and oxygen atoms in total. The largest absolute Gasteiger partial charge is 0.481 e. The molecule has 8 heteroatoms. The van der Waals surface area contributed by atoms with Crippen molar-refractivity contribution in [3.8, 4) is 0 Å². The molecule has 0 spiro atoms. The Morgan fingerprint density at radius 1 is 1.26 bits per heavy atom. The fourth-order valence-corrected chi connectivity index (χ4v) is 3.32. The minimum Gasteiger partial charge on any atom is -0.481 e. The Kier molecular flexibility index (Phi) is 6.00. The second kappa shape index (κ2) is 7.98. The van der Waals surface area contributed by atoms with E-state index in [1.54, 1.807) is 25.1 Å². The van der Waals surface area contributed by atoms with Gasteiger partial charge in [0.2, 0.25) is 5.91 Å². The summed E-state index contributed by atoms with van der Waals surface area (Å²) in [5.74, 6) is -1.61. The molecule has 1 aromatic heterocycles. The van der Waals surface area contributed by atoms with E-state index >= 15 is 0 Å². The van der Waals surface area contributed by atoms with Gasteiger partial charge in [-0.15, -0.1) is 23.1 Å². The number of rotatable bonds is 7. The first-order valence-corrected chi connectivity index (χ1v) is 8.77. The Bertz CT molecular complexity index is 741. The van der Waals surface area contributed by atoms with Crippen LogP contribution in [0.5, 0.6) is 0 Å². The van der Waals surface area contributed by atoms with Crippen LogP contribution in [0.2, 0.25) is 0 Å². The molecule has 0 radical (unpaired) electrons. The number of carbonyl (C=O) groups is 3. The number of esters is 1. The fraction of sp³-hybridized carbons (Fsp3) is 0.267. The SMILES string of the molecule is CCOC(=O)c1cc2cc(NC(=O)CSCC(=O)O)ccc2s1. The van der Waals surface area contributed by atoms with Crippen LogP contribution in [0, 0.1) is 0 Å². The highest BCUT2D eigenvalue weighted by atomic mass is 32.2. The molecule has 0 unspecified atom stereocenters. The average Bonchev–Trinajstić information content (AvgIpc) is 2.90. The van der Waals surface area contributed by atoms with Crippen LogP contribution in [0.15, 0.2) is 24.3 Å². The number of nitrogens with one attached hydrogen (secondary N) is 1. The zero-order valence-corrected chi connectivity index (χ0v) is 14.0. The molecule has 23 heavy (non-hydrogen) atoms. The number of thioether (sulfide) groups is 1. The van der Waals surface area contributed by atoms with Crippen molar-refractivity contribution in [3.05, 3.63) is 29.1 Å². The first kappa shape index (κ1) is 17.3. The summed E-state index contributed by atoms with van der Waals surface area (Å²) in [6.45, 7) is 2.07. The zero-order chi connectivity index (χ0) is 16.8. The van der Waals surface area contributed by atoms with Crippen molar-refractivity contribution in [2.45, 2.75) is 6.92 Å². The van der Waals surface area contributed by atoms with Gasteiger partial charge in [0.25, 0.3) is 0 Å². The highest BCUT2D eigenvalue weighted by Crippen LogP contribution is 2.28. The number of ether oxygens (including phenoxy) is 1. The maximum Gasteiger partial charge on any atom is 0.348 e. The standard InChI is InChI=1S/C15H15NO5S2/c1-2-21-15(20)12-6-9-5-10(3-4-11(9)23-12)16-13(17)7-22-8-14(18)19/h3-6H,2,7-8H2,1H3,(H,16,17)(H,18,19). The maximum atomic E-state index is 11.7. The van der Waals surface area contributed by atoms with Gasteiger partial charge in [-0.2, -0.15) is 0 Å². The summed E-state index contributed by atoms with van der Waals surface area (Å²) in [5.41, 5.74) is 0.603. The van der Waals surface area contributed by atoms with E-state index in [1.807, 2.05) is 6.07 Å². The maximum absolute atomic E-state index is 11.7. The van der Waals surface area contributed by atoms with Gasteiger partial charge in [-0.3, -0.25) is 9.59 Å². The number of carboxylic acids is 1. The van der Waals surface area contributed by atoms with Crippen molar-refractivity contribution < 1.29 is 24.2 Å². The lowest BCUT2D eigenvalue weighted by atomic mass is 10.2. The van der Waals surface area contributed by atoms with Crippen LogP contribution in [0.1, 0.15) is 16.6 Å². The third kappa shape index (κ3) is 4.97. The number of amides is 1. The van der Waals surface area contributed by atoms with Gasteiger partial charge in [-0.05, 0) is 36.6 Å². The van der Waals surface area contributed by atoms with E-state index in [1.165, 1.54) is 11.3 Å². The molecule has 0 fully saturated rings. The second-order valence-corrected chi connectivity index (χ2v) is 6.59. The Morgan fingerprint density at radius 3 is 2.74 bits per heavy atom. The molecular formula is C15H15NO5S2. The fourth-order valence-electron chi connectivity index (χ4n) is 1.85. The summed E-state index contributed by atoms with van der Waals surface area (Å²) >= 11 is 2.37. The number of fused-ring (bicyclic) bond motifs is 1. The van der Waals surface area contributed by atoms with Crippen LogP contribution in [0.4, 0.5) is 5.69 Å². The molecule has 0 atom stereocenters. The third-order valence-corrected chi connectivity index (χ3v) is 4.75. The zero-order valence-electron chi connectivity index (χ0n) is 12.3. The Hall–Kier alpha value is -2.06. The quantitative estimate of drug-likeness (QED) is 0.744. The van der Waals surface area contributed by atoms with Crippen molar-refractivity contribution in [2.75, 3.05) is 23.4 Å². The lowest BCUT2D eigenvalue weighted by Gasteiger charge is -2.04. The number of carboxylic acid groups (broad SMARTS) is 1. The number of hydrogen-bond donors (Lipinski definition) is 2. The summed E-state index contributed by atoms with van der Waals surface area (Å²) in [5, 5.41) is 12.1. The molecule has 1 heterocycles. The van der Waals surface area contributed by atoms with Crippen LogP contribution in [-0.4, -0.2) is 41.1 Å². The highest BCUT2D eigenvalue weighted by molar-refractivity contribution is 8.00. The molecule has 0 saturated heterocycles. The Labute approximate surface area is 140 Å². The van der Waals surface area contributed by atoms with Crippen LogP contribution >= 0.6 is 23.1 Å². The van der Waals surface area contributed by atoms with E-state index in [9.17, 15) is 14.4 Å². The molecule has 0 saturated carbocycles. The van der Waals surface area contributed by atoms with Crippen molar-refractivity contribution in [2.24, 2.45) is 0 Å². The molecule has 0 bridgehead atoms. The molecule has 1 amide bonds. The van der Waals surface area contributed by atoms with E-state index < -0.39 is 5.97 Å². The number of aliphatic carboxylic acids is 1. The predicted molar refractivity (Wildman–Crippen MR) is 91.4 cm³/mol. The van der Waals surface area contributed by atoms with Crippen molar-refractivity contribution in [1.29, 1.82) is 0 Å². The van der Waals surface area contributed by atoms with E-state index in [2.05, 4.69) is 5.32 Å². The lowest BCUT2D eigenvalue weighted by molar-refractivity contribution is -0.133. The summed E-state index contributed by atoms with van der Waals surface area (Å²) in [6, 6.07) is 7.07. The first-order valence-electron chi connectivity index (χ1n) is 6.79. The topological polar surface area (TPSA) is 92.7 Å². The first-order chi connectivity index (χ1) is 11.0. The summed E-state index contributed by atoms with van der Waals surface area (Å²) in [4.78, 5) is 34.4. The Morgan fingerprint density at radius 2 is 2.04 bits per heavy atom. The van der Waals surface area contributed by atoms with Gasteiger partial charge in [0, 0.05) is 10.4 Å². The smallest absolute Gasteiger partial charge is 0.348 e. The van der Waals surface area contributed by atoms with E-state index in [-0.39, 0.29) is 23.4 Å². The number of hydrogen-bond acceptors (Lipinski definition) is 6. The van der Waals surface area contributed by atoms with Crippen LogP contribution in [0.25, 0.3) is 10.1 Å². The molecule has 2 aromatic rings. The average molecular weight is 353 g/mol. The van der Waals surface area contributed by atoms with Gasteiger partial charge in [0.05, 0.1) is 18.1 Å². The highest BCUT2D eigenvalue weighted by Gasteiger charge is 2.12. The van der Waals surface area contributed by atoms with E-state index in [4.69, 9.17) is 9.84 Å². The minimum absolute atomic E-state index is 0.0715. The molecule has 2 rings (SSSR count). The summed E-state index contributed by atoms with van der Waals surface area (Å²) < 4.78 is 5.89. The lowest BCUT2D eigenvalue weighted by Crippen LogP contribution is -2.15. The minimum atomic E-state index is -0.950. The van der Waals surface area contributed by atoms with Gasteiger partial charge < -0.3 is 15.2 Å². The van der Waals surface area contributed by atoms with Gasteiger partial charge in [-0.1, -0.05) is 0 Å². The normalized spacial score (nSPS) is 10.5. The predicted octanol–water partition coefficient (Wildman–Crippen LogP) is 2.83. The van der Waals surface area contributed by atoms with Crippen LogP contribution in [-0.2, 0) is 14.3 Å². The Balaban J connectivity index is 2.03. The van der Waals surface area contributed by atoms with Gasteiger partial charge in [0.15, 0.2) is 0 Å². The summed E-state index contributed by atoms with van der Waals surface area (Å²) in [6.07, 6.45) is 0. The molecule has 0 aliphatic rings.